The first kappa shape index (κ1) is 22.0. The molecule has 0 radical (unpaired) electrons. The highest BCUT2D eigenvalue weighted by atomic mass is 19.1. The molecule has 0 bridgehead atoms. The molecule has 0 fully saturated rings. The van der Waals surface area contributed by atoms with Gasteiger partial charge in [-0.3, -0.25) is 14.5 Å². The van der Waals surface area contributed by atoms with Crippen LogP contribution in [0, 0.1) is 11.6 Å². The SMILES string of the molecule is CC(C)(C)OC(=O)CN(C(=O)c1c(F)cccc1F)c1cccc(-c2cncnc2)c1. The molecule has 8 heteroatoms. The Bertz CT molecular complexity index is 1080. The molecule has 0 atom stereocenters. The molecular weight excluding hydrogens is 404 g/mol. The van der Waals surface area contributed by atoms with Crippen molar-refractivity contribution in [1.82, 2.24) is 9.97 Å². The van der Waals surface area contributed by atoms with Gasteiger partial charge in [0, 0.05) is 23.6 Å². The van der Waals surface area contributed by atoms with Crippen LogP contribution < -0.4 is 4.90 Å². The van der Waals surface area contributed by atoms with Crippen LogP contribution in [0.25, 0.3) is 11.1 Å². The maximum atomic E-state index is 14.3. The third kappa shape index (κ3) is 5.48. The molecule has 0 aliphatic carbocycles. The number of carbonyl (C=O) groups is 2. The molecule has 1 amide bonds. The third-order valence-corrected chi connectivity index (χ3v) is 4.18. The fourth-order valence-corrected chi connectivity index (χ4v) is 2.92. The molecule has 31 heavy (non-hydrogen) atoms. The summed E-state index contributed by atoms with van der Waals surface area (Å²) in [6.07, 6.45) is 4.55. The Morgan fingerprint density at radius 1 is 0.968 bits per heavy atom. The fraction of sp³-hybridized carbons (Fsp3) is 0.217. The highest BCUT2D eigenvalue weighted by molar-refractivity contribution is 6.08. The number of nitrogens with zero attached hydrogens (tertiary/aromatic N) is 3. The molecule has 0 saturated carbocycles. The number of carbonyl (C=O) groups excluding carboxylic acids is 2. The van der Waals surface area contributed by atoms with E-state index in [1.165, 1.54) is 6.33 Å². The van der Waals surface area contributed by atoms with Gasteiger partial charge < -0.3 is 4.74 Å². The molecule has 160 valence electrons. The monoisotopic (exact) mass is 425 g/mol. The first-order valence-electron chi connectivity index (χ1n) is 9.49. The van der Waals surface area contributed by atoms with E-state index in [2.05, 4.69) is 9.97 Å². The number of rotatable bonds is 5. The fourth-order valence-electron chi connectivity index (χ4n) is 2.92. The second kappa shape index (κ2) is 8.99. The van der Waals surface area contributed by atoms with Crippen molar-refractivity contribution in [2.45, 2.75) is 26.4 Å². The normalized spacial score (nSPS) is 11.1. The number of hydrogen-bond acceptors (Lipinski definition) is 5. The van der Waals surface area contributed by atoms with Crippen molar-refractivity contribution in [1.29, 1.82) is 0 Å². The first-order valence-corrected chi connectivity index (χ1v) is 9.49. The van der Waals surface area contributed by atoms with Gasteiger partial charge in [-0.15, -0.1) is 0 Å². The van der Waals surface area contributed by atoms with E-state index in [9.17, 15) is 18.4 Å². The number of ether oxygens (including phenoxy) is 1. The minimum atomic E-state index is -1.02. The largest absolute Gasteiger partial charge is 0.459 e. The van der Waals surface area contributed by atoms with E-state index in [-0.39, 0.29) is 5.69 Å². The summed E-state index contributed by atoms with van der Waals surface area (Å²) in [4.78, 5) is 34.5. The molecule has 6 nitrogen and oxygen atoms in total. The Kier molecular flexibility index (Phi) is 6.39. The number of hydrogen-bond donors (Lipinski definition) is 0. The predicted octanol–water partition coefficient (Wildman–Crippen LogP) is 4.41. The summed E-state index contributed by atoms with van der Waals surface area (Å²) in [5.41, 5.74) is 0.0534. The average molecular weight is 425 g/mol. The quantitative estimate of drug-likeness (QED) is 0.566. The van der Waals surface area contributed by atoms with Crippen molar-refractivity contribution in [3.8, 4) is 11.1 Å². The standard InChI is InChI=1S/C23H21F2N3O3/c1-23(2,3)31-20(29)13-28(22(30)21-18(24)8-5-9-19(21)25)17-7-4-6-15(10-17)16-11-26-14-27-12-16/h4-12,14H,13H2,1-3H3. The van der Waals surface area contributed by atoms with E-state index >= 15 is 0 Å². The summed E-state index contributed by atoms with van der Waals surface area (Å²) in [7, 11) is 0. The van der Waals surface area contributed by atoms with Crippen molar-refractivity contribution >= 4 is 17.6 Å². The number of esters is 1. The maximum Gasteiger partial charge on any atom is 0.326 e. The van der Waals surface area contributed by atoms with Crippen LogP contribution in [-0.4, -0.2) is 34.0 Å². The molecule has 0 spiro atoms. The second-order valence-corrected chi connectivity index (χ2v) is 7.75. The van der Waals surface area contributed by atoms with Crippen LogP contribution in [-0.2, 0) is 9.53 Å². The Hall–Kier alpha value is -3.68. The topological polar surface area (TPSA) is 72.4 Å². The number of aromatic nitrogens is 2. The van der Waals surface area contributed by atoms with Gasteiger partial charge >= 0.3 is 5.97 Å². The van der Waals surface area contributed by atoms with Gasteiger partial charge in [-0.1, -0.05) is 18.2 Å². The number of amides is 1. The van der Waals surface area contributed by atoms with Gasteiger partial charge in [0.05, 0.1) is 0 Å². The number of benzene rings is 2. The first-order chi connectivity index (χ1) is 14.7. The average Bonchev–Trinajstić information content (AvgIpc) is 2.71. The lowest BCUT2D eigenvalue weighted by Gasteiger charge is -2.26. The van der Waals surface area contributed by atoms with Crippen molar-refractivity contribution in [2.24, 2.45) is 0 Å². The van der Waals surface area contributed by atoms with Gasteiger partial charge in [-0.2, -0.15) is 0 Å². The van der Waals surface area contributed by atoms with E-state index in [1.807, 2.05) is 0 Å². The number of anilines is 1. The van der Waals surface area contributed by atoms with Gasteiger partial charge in [0.25, 0.3) is 5.91 Å². The number of halogens is 2. The smallest absolute Gasteiger partial charge is 0.326 e. The van der Waals surface area contributed by atoms with Crippen LogP contribution in [0.1, 0.15) is 31.1 Å². The second-order valence-electron chi connectivity index (χ2n) is 7.75. The van der Waals surface area contributed by atoms with E-state index in [0.717, 1.165) is 23.1 Å². The van der Waals surface area contributed by atoms with E-state index < -0.39 is 41.2 Å². The molecule has 1 aromatic heterocycles. The van der Waals surface area contributed by atoms with Gasteiger partial charge in [0.15, 0.2) is 0 Å². The summed E-state index contributed by atoms with van der Waals surface area (Å²) in [5.74, 6) is -3.76. The summed E-state index contributed by atoms with van der Waals surface area (Å²) in [6.45, 7) is 4.52. The van der Waals surface area contributed by atoms with Crippen molar-refractivity contribution in [3.05, 3.63) is 78.4 Å². The zero-order valence-electron chi connectivity index (χ0n) is 17.3. The van der Waals surface area contributed by atoms with Crippen LogP contribution in [0.5, 0.6) is 0 Å². The summed E-state index contributed by atoms with van der Waals surface area (Å²) >= 11 is 0. The highest BCUT2D eigenvalue weighted by Crippen LogP contribution is 2.26. The lowest BCUT2D eigenvalue weighted by molar-refractivity contribution is -0.152. The van der Waals surface area contributed by atoms with Crippen molar-refractivity contribution in [2.75, 3.05) is 11.4 Å². The molecule has 0 saturated heterocycles. The predicted molar refractivity (Wildman–Crippen MR) is 111 cm³/mol. The molecular formula is C23H21F2N3O3. The van der Waals surface area contributed by atoms with Gasteiger partial charge in [0.1, 0.15) is 35.7 Å². The van der Waals surface area contributed by atoms with Gasteiger partial charge in [-0.25, -0.2) is 18.7 Å². The third-order valence-electron chi connectivity index (χ3n) is 4.18. The molecule has 2 aromatic carbocycles. The van der Waals surface area contributed by atoms with Gasteiger partial charge in [-0.05, 0) is 50.6 Å². The van der Waals surface area contributed by atoms with Crippen molar-refractivity contribution < 1.29 is 23.1 Å². The lowest BCUT2D eigenvalue weighted by Crippen LogP contribution is -2.39. The van der Waals surface area contributed by atoms with E-state index in [0.29, 0.717) is 11.1 Å². The van der Waals surface area contributed by atoms with Gasteiger partial charge in [0.2, 0.25) is 0 Å². The van der Waals surface area contributed by atoms with Crippen molar-refractivity contribution in [3.63, 3.8) is 0 Å². The lowest BCUT2D eigenvalue weighted by atomic mass is 10.1. The molecule has 1 heterocycles. The molecule has 0 unspecified atom stereocenters. The summed E-state index contributed by atoms with van der Waals surface area (Å²) in [6, 6.07) is 9.73. The molecule has 0 aliphatic heterocycles. The zero-order valence-corrected chi connectivity index (χ0v) is 17.3. The Labute approximate surface area is 178 Å². The zero-order chi connectivity index (χ0) is 22.6. The van der Waals surface area contributed by atoms with Crippen LogP contribution in [0.4, 0.5) is 14.5 Å². The maximum absolute atomic E-state index is 14.3. The summed E-state index contributed by atoms with van der Waals surface area (Å²) < 4.78 is 33.9. The molecule has 3 rings (SSSR count). The molecule has 0 aliphatic rings. The molecule has 0 N–H and O–H groups in total. The minimum Gasteiger partial charge on any atom is -0.459 e. The van der Waals surface area contributed by atoms with Crippen LogP contribution in [0.2, 0.25) is 0 Å². The Balaban J connectivity index is 2.04. The van der Waals surface area contributed by atoms with Crippen LogP contribution in [0.3, 0.4) is 0 Å². The highest BCUT2D eigenvalue weighted by Gasteiger charge is 2.28. The van der Waals surface area contributed by atoms with Crippen LogP contribution in [0.15, 0.2) is 61.2 Å². The molecule has 3 aromatic rings. The minimum absolute atomic E-state index is 0.264. The Morgan fingerprint density at radius 2 is 1.58 bits per heavy atom. The Morgan fingerprint density at radius 3 is 2.19 bits per heavy atom. The van der Waals surface area contributed by atoms with E-state index in [4.69, 9.17) is 4.74 Å². The summed E-state index contributed by atoms with van der Waals surface area (Å²) in [5, 5.41) is 0. The van der Waals surface area contributed by atoms with E-state index in [1.54, 1.807) is 57.4 Å². The van der Waals surface area contributed by atoms with Crippen LogP contribution >= 0.6 is 0 Å².